The van der Waals surface area contributed by atoms with Crippen LogP contribution in [-0.4, -0.2) is 38.7 Å². The van der Waals surface area contributed by atoms with E-state index >= 15 is 0 Å². The first-order valence-electron chi connectivity index (χ1n) is 8.88. The van der Waals surface area contributed by atoms with Crippen LogP contribution < -0.4 is 24.8 Å². The molecule has 9 heteroatoms. The Morgan fingerprint density at radius 3 is 2.30 bits per heavy atom. The molecule has 7 nitrogen and oxygen atoms in total. The summed E-state index contributed by atoms with van der Waals surface area (Å²) in [6.07, 6.45) is 2.89. The monoisotopic (exact) mass is 420 g/mol. The number of halogens is 2. The molecular formula is C21H22F2N2O5. The number of methoxy groups -OCH3 is 2. The van der Waals surface area contributed by atoms with Crippen molar-refractivity contribution in [3.63, 3.8) is 0 Å². The van der Waals surface area contributed by atoms with Crippen molar-refractivity contribution in [2.24, 2.45) is 0 Å². The molecule has 0 aliphatic carbocycles. The molecule has 0 spiro atoms. The van der Waals surface area contributed by atoms with E-state index in [1.54, 1.807) is 37.5 Å². The van der Waals surface area contributed by atoms with Crippen LogP contribution in [0, 0.1) is 0 Å². The molecule has 2 aromatic rings. The number of rotatable bonds is 9. The highest BCUT2D eigenvalue weighted by Gasteiger charge is 2.17. The Morgan fingerprint density at radius 2 is 1.70 bits per heavy atom. The average molecular weight is 420 g/mol. The fourth-order valence-corrected chi connectivity index (χ4v) is 2.41. The van der Waals surface area contributed by atoms with Gasteiger partial charge in [-0.2, -0.15) is 8.78 Å². The molecule has 1 atom stereocenters. The lowest BCUT2D eigenvalue weighted by Crippen LogP contribution is -2.40. The predicted octanol–water partition coefficient (Wildman–Crippen LogP) is 3.46. The van der Waals surface area contributed by atoms with Crippen LogP contribution in [0.25, 0.3) is 6.08 Å². The van der Waals surface area contributed by atoms with E-state index in [4.69, 9.17) is 9.47 Å². The summed E-state index contributed by atoms with van der Waals surface area (Å²) in [5, 5.41) is 5.05. The quantitative estimate of drug-likeness (QED) is 0.607. The Balaban J connectivity index is 1.95. The summed E-state index contributed by atoms with van der Waals surface area (Å²) >= 11 is 0. The molecule has 2 amide bonds. The second-order valence-electron chi connectivity index (χ2n) is 6.07. The Morgan fingerprint density at radius 1 is 1.00 bits per heavy atom. The third-order valence-electron chi connectivity index (χ3n) is 3.94. The summed E-state index contributed by atoms with van der Waals surface area (Å²) in [7, 11) is 2.87. The van der Waals surface area contributed by atoms with Crippen LogP contribution in [0.4, 0.5) is 14.5 Å². The third-order valence-corrected chi connectivity index (χ3v) is 3.94. The number of carbonyl (C=O) groups excluding carboxylic acids is 2. The molecule has 30 heavy (non-hydrogen) atoms. The predicted molar refractivity (Wildman–Crippen MR) is 108 cm³/mol. The molecule has 0 radical (unpaired) electrons. The largest absolute Gasteiger partial charge is 0.497 e. The highest BCUT2D eigenvalue weighted by atomic mass is 19.3. The summed E-state index contributed by atoms with van der Waals surface area (Å²) in [5.74, 6) is -0.426. The van der Waals surface area contributed by atoms with Crippen LogP contribution in [0.2, 0.25) is 0 Å². The van der Waals surface area contributed by atoms with E-state index in [1.807, 2.05) is 0 Å². The van der Waals surface area contributed by atoms with Crippen molar-refractivity contribution in [3.05, 3.63) is 54.1 Å². The maximum absolute atomic E-state index is 12.5. The molecule has 0 aromatic heterocycles. The fraction of sp³-hybridized carbons (Fsp3) is 0.238. The molecule has 2 aromatic carbocycles. The van der Waals surface area contributed by atoms with Gasteiger partial charge in [0.05, 0.1) is 14.2 Å². The second kappa shape index (κ2) is 10.8. The van der Waals surface area contributed by atoms with Crippen molar-refractivity contribution >= 4 is 23.6 Å². The maximum Gasteiger partial charge on any atom is 0.387 e. The zero-order chi connectivity index (χ0) is 22.1. The number of amides is 2. The number of ether oxygens (including phenoxy) is 3. The van der Waals surface area contributed by atoms with Gasteiger partial charge in [-0.1, -0.05) is 12.1 Å². The normalized spacial score (nSPS) is 11.8. The number of anilines is 1. The van der Waals surface area contributed by atoms with Gasteiger partial charge in [-0.15, -0.1) is 0 Å². The molecule has 0 fully saturated rings. The molecule has 1 unspecified atom stereocenters. The van der Waals surface area contributed by atoms with Crippen molar-refractivity contribution in [1.82, 2.24) is 5.32 Å². The highest BCUT2D eigenvalue weighted by Crippen LogP contribution is 2.31. The maximum atomic E-state index is 12.5. The van der Waals surface area contributed by atoms with E-state index < -0.39 is 24.5 Å². The van der Waals surface area contributed by atoms with E-state index in [0.29, 0.717) is 5.75 Å². The highest BCUT2D eigenvalue weighted by molar-refractivity contribution is 6.00. The molecule has 2 N–H and O–H groups in total. The van der Waals surface area contributed by atoms with Crippen LogP contribution in [0.3, 0.4) is 0 Å². The molecule has 0 saturated carbocycles. The molecule has 0 bridgehead atoms. The summed E-state index contributed by atoms with van der Waals surface area (Å²) in [6.45, 7) is -1.55. The summed E-state index contributed by atoms with van der Waals surface area (Å²) < 4.78 is 39.4. The number of carbonyl (C=O) groups is 2. The topological polar surface area (TPSA) is 85.9 Å². The summed E-state index contributed by atoms with van der Waals surface area (Å²) in [6, 6.07) is 10.3. The Kier molecular flexibility index (Phi) is 8.16. The second-order valence-corrected chi connectivity index (χ2v) is 6.07. The number of benzene rings is 2. The molecule has 160 valence electrons. The van der Waals surface area contributed by atoms with E-state index in [1.165, 1.54) is 38.3 Å². The van der Waals surface area contributed by atoms with Crippen LogP contribution in [0.5, 0.6) is 17.2 Å². The third kappa shape index (κ3) is 6.77. The van der Waals surface area contributed by atoms with Crippen molar-refractivity contribution in [1.29, 1.82) is 0 Å². The van der Waals surface area contributed by atoms with Crippen LogP contribution in [0.15, 0.2) is 48.5 Å². The van der Waals surface area contributed by atoms with Crippen LogP contribution in [0.1, 0.15) is 12.5 Å². The van der Waals surface area contributed by atoms with Crippen molar-refractivity contribution in [2.75, 3.05) is 19.5 Å². The van der Waals surface area contributed by atoms with Gasteiger partial charge in [-0.25, -0.2) is 0 Å². The van der Waals surface area contributed by atoms with E-state index in [-0.39, 0.29) is 17.2 Å². The van der Waals surface area contributed by atoms with E-state index in [2.05, 4.69) is 15.4 Å². The smallest absolute Gasteiger partial charge is 0.387 e. The fourth-order valence-electron chi connectivity index (χ4n) is 2.41. The van der Waals surface area contributed by atoms with Gasteiger partial charge in [0.1, 0.15) is 11.8 Å². The number of hydrogen-bond acceptors (Lipinski definition) is 5. The first-order valence-corrected chi connectivity index (χ1v) is 8.88. The van der Waals surface area contributed by atoms with Gasteiger partial charge in [-0.3, -0.25) is 9.59 Å². The molecule has 0 heterocycles. The van der Waals surface area contributed by atoms with E-state index in [9.17, 15) is 18.4 Å². The summed E-state index contributed by atoms with van der Waals surface area (Å²) in [4.78, 5) is 24.3. The van der Waals surface area contributed by atoms with Crippen molar-refractivity contribution in [3.8, 4) is 17.2 Å². The zero-order valence-corrected chi connectivity index (χ0v) is 16.6. The first kappa shape index (κ1) is 22.7. The van der Waals surface area contributed by atoms with Gasteiger partial charge in [0.25, 0.3) is 0 Å². The molecule has 0 aliphatic heterocycles. The lowest BCUT2D eigenvalue weighted by Gasteiger charge is -2.15. The minimum absolute atomic E-state index is 0.0957. The molecular weight excluding hydrogens is 398 g/mol. The van der Waals surface area contributed by atoms with Gasteiger partial charge in [0.15, 0.2) is 11.5 Å². The van der Waals surface area contributed by atoms with Gasteiger partial charge >= 0.3 is 6.61 Å². The van der Waals surface area contributed by atoms with Gasteiger partial charge in [-0.05, 0) is 42.8 Å². The Hall–Kier alpha value is -3.62. The Bertz CT molecular complexity index is 901. The SMILES string of the molecule is COc1ccc(/C=C/C(=O)NC(C)C(=O)Nc2ccc(OC)c(OC(F)F)c2)cc1. The zero-order valence-electron chi connectivity index (χ0n) is 16.6. The summed E-state index contributed by atoms with van der Waals surface area (Å²) in [5.41, 5.74) is 0.999. The van der Waals surface area contributed by atoms with Gasteiger partial charge < -0.3 is 24.8 Å². The number of hydrogen-bond donors (Lipinski definition) is 2. The Labute approximate surface area is 172 Å². The van der Waals surface area contributed by atoms with Crippen molar-refractivity contribution < 1.29 is 32.6 Å². The average Bonchev–Trinajstić information content (AvgIpc) is 2.72. The van der Waals surface area contributed by atoms with E-state index in [0.717, 1.165) is 5.56 Å². The first-order chi connectivity index (χ1) is 14.3. The van der Waals surface area contributed by atoms with Crippen LogP contribution >= 0.6 is 0 Å². The molecule has 0 aliphatic rings. The molecule has 2 rings (SSSR count). The van der Waals surface area contributed by atoms with Crippen LogP contribution in [-0.2, 0) is 9.59 Å². The van der Waals surface area contributed by atoms with Crippen molar-refractivity contribution in [2.45, 2.75) is 19.6 Å². The molecule has 0 saturated heterocycles. The lowest BCUT2D eigenvalue weighted by molar-refractivity contribution is -0.123. The number of alkyl halides is 2. The van der Waals surface area contributed by atoms with Gasteiger partial charge in [0, 0.05) is 17.8 Å². The minimum Gasteiger partial charge on any atom is -0.497 e. The minimum atomic E-state index is -3.04. The van der Waals surface area contributed by atoms with Gasteiger partial charge in [0.2, 0.25) is 11.8 Å². The lowest BCUT2D eigenvalue weighted by atomic mass is 10.2. The number of nitrogens with one attached hydrogen (secondary N) is 2. The standard InChI is InChI=1S/C21H22F2N2O5/c1-13(24-19(26)11-6-14-4-8-16(28-2)9-5-14)20(27)25-15-7-10-17(29-3)18(12-15)30-21(22)23/h4-13,21H,1-3H3,(H,24,26)(H,25,27)/b11-6+.